The van der Waals surface area contributed by atoms with Crippen molar-refractivity contribution in [3.05, 3.63) is 65.2 Å². The minimum atomic E-state index is -0.882. The number of halogens is 2. The molecular formula is C20H22F2N2O3. The molecule has 5 nitrogen and oxygen atoms in total. The van der Waals surface area contributed by atoms with Crippen LogP contribution in [-0.4, -0.2) is 50.3 Å². The second-order valence-corrected chi connectivity index (χ2v) is 6.26. The van der Waals surface area contributed by atoms with Gasteiger partial charge in [-0.15, -0.1) is 0 Å². The van der Waals surface area contributed by atoms with Crippen molar-refractivity contribution in [1.29, 1.82) is 0 Å². The van der Waals surface area contributed by atoms with Gasteiger partial charge < -0.3 is 14.8 Å². The van der Waals surface area contributed by atoms with E-state index in [1.165, 1.54) is 0 Å². The van der Waals surface area contributed by atoms with Crippen LogP contribution in [0.15, 0.2) is 42.5 Å². The van der Waals surface area contributed by atoms with Gasteiger partial charge in [-0.1, -0.05) is 12.1 Å². The molecule has 1 saturated heterocycles. The van der Waals surface area contributed by atoms with E-state index in [9.17, 15) is 13.6 Å². The van der Waals surface area contributed by atoms with Crippen molar-refractivity contribution in [3.8, 4) is 5.75 Å². The maximum atomic E-state index is 13.7. The van der Waals surface area contributed by atoms with E-state index in [2.05, 4.69) is 10.2 Å². The zero-order valence-corrected chi connectivity index (χ0v) is 14.9. The van der Waals surface area contributed by atoms with E-state index in [1.807, 2.05) is 24.3 Å². The number of benzene rings is 2. The molecule has 144 valence electrons. The molecule has 7 heteroatoms. The third-order valence-corrected chi connectivity index (χ3v) is 4.31. The van der Waals surface area contributed by atoms with Gasteiger partial charge in [0.1, 0.15) is 24.0 Å². The lowest BCUT2D eigenvalue weighted by Crippen LogP contribution is -2.38. The number of carbonyl (C=O) groups excluding carboxylic acids is 1. The van der Waals surface area contributed by atoms with Crippen LogP contribution in [0.4, 0.5) is 8.78 Å². The summed E-state index contributed by atoms with van der Waals surface area (Å²) in [5.74, 6) is -1.48. The van der Waals surface area contributed by atoms with Crippen LogP contribution in [0.3, 0.4) is 0 Å². The van der Waals surface area contributed by atoms with Crippen LogP contribution in [0.1, 0.15) is 15.9 Å². The lowest BCUT2D eigenvalue weighted by molar-refractivity contribution is 0.0322. The molecule has 2 aromatic rings. The summed E-state index contributed by atoms with van der Waals surface area (Å²) in [6.45, 7) is 4.94. The minimum absolute atomic E-state index is 0.186. The highest BCUT2D eigenvalue weighted by molar-refractivity contribution is 5.94. The van der Waals surface area contributed by atoms with Gasteiger partial charge in [-0.05, 0) is 29.8 Å². The molecule has 1 N–H and O–H groups in total. The van der Waals surface area contributed by atoms with Gasteiger partial charge in [-0.25, -0.2) is 8.78 Å². The molecule has 1 aliphatic rings. The van der Waals surface area contributed by atoms with E-state index >= 15 is 0 Å². The van der Waals surface area contributed by atoms with Gasteiger partial charge in [-0.2, -0.15) is 0 Å². The van der Waals surface area contributed by atoms with Crippen molar-refractivity contribution >= 4 is 5.91 Å². The standard InChI is InChI=1S/C20H22F2N2O3/c21-16-4-5-18(19(22)13-16)20(25)23-14-15-2-1-3-17(12-15)27-11-8-24-6-9-26-10-7-24/h1-5,12-13H,6-11,14H2,(H,23,25). The highest BCUT2D eigenvalue weighted by Gasteiger charge is 2.12. The molecular weight excluding hydrogens is 354 g/mol. The lowest BCUT2D eigenvalue weighted by Gasteiger charge is -2.26. The predicted molar refractivity (Wildman–Crippen MR) is 96.7 cm³/mol. The molecule has 0 aliphatic carbocycles. The molecule has 0 radical (unpaired) electrons. The maximum absolute atomic E-state index is 13.7. The zero-order chi connectivity index (χ0) is 19.1. The molecule has 2 aromatic carbocycles. The quantitative estimate of drug-likeness (QED) is 0.807. The van der Waals surface area contributed by atoms with Gasteiger partial charge in [0, 0.05) is 32.2 Å². The van der Waals surface area contributed by atoms with E-state index < -0.39 is 17.5 Å². The summed E-state index contributed by atoms with van der Waals surface area (Å²) < 4.78 is 37.7. The molecule has 0 bridgehead atoms. The van der Waals surface area contributed by atoms with Crippen molar-refractivity contribution in [2.45, 2.75) is 6.54 Å². The fraction of sp³-hybridized carbons (Fsp3) is 0.350. The molecule has 0 atom stereocenters. The number of hydrogen-bond donors (Lipinski definition) is 1. The number of rotatable bonds is 7. The topological polar surface area (TPSA) is 50.8 Å². The summed E-state index contributed by atoms with van der Waals surface area (Å²) >= 11 is 0. The van der Waals surface area contributed by atoms with Crippen LogP contribution in [0, 0.1) is 11.6 Å². The van der Waals surface area contributed by atoms with Gasteiger partial charge in [0.2, 0.25) is 0 Å². The summed E-state index contributed by atoms with van der Waals surface area (Å²) in [6, 6.07) is 10.2. The number of amides is 1. The second-order valence-electron chi connectivity index (χ2n) is 6.26. The second kappa shape index (κ2) is 9.43. The van der Waals surface area contributed by atoms with Gasteiger partial charge in [-0.3, -0.25) is 9.69 Å². The van der Waals surface area contributed by atoms with Crippen LogP contribution in [-0.2, 0) is 11.3 Å². The third kappa shape index (κ3) is 5.74. The van der Waals surface area contributed by atoms with Crippen molar-refractivity contribution < 1.29 is 23.0 Å². The molecule has 0 spiro atoms. The average molecular weight is 376 g/mol. The summed E-state index contributed by atoms with van der Waals surface area (Å²) in [4.78, 5) is 14.3. The Kier molecular flexibility index (Phi) is 6.73. The molecule has 3 rings (SSSR count). The number of nitrogens with zero attached hydrogens (tertiary/aromatic N) is 1. The Morgan fingerprint density at radius 3 is 2.74 bits per heavy atom. The highest BCUT2D eigenvalue weighted by Crippen LogP contribution is 2.14. The fourth-order valence-corrected chi connectivity index (χ4v) is 2.81. The number of hydrogen-bond acceptors (Lipinski definition) is 4. The number of ether oxygens (including phenoxy) is 2. The normalized spacial score (nSPS) is 14.7. The largest absolute Gasteiger partial charge is 0.492 e. The molecule has 1 fully saturated rings. The SMILES string of the molecule is O=C(NCc1cccc(OCCN2CCOCC2)c1)c1ccc(F)cc1F. The van der Waals surface area contributed by atoms with Gasteiger partial charge in [0.15, 0.2) is 0 Å². The van der Waals surface area contributed by atoms with E-state index in [1.54, 1.807) is 0 Å². The van der Waals surface area contributed by atoms with E-state index in [4.69, 9.17) is 9.47 Å². The highest BCUT2D eigenvalue weighted by atomic mass is 19.1. The molecule has 27 heavy (non-hydrogen) atoms. The zero-order valence-electron chi connectivity index (χ0n) is 14.9. The van der Waals surface area contributed by atoms with Gasteiger partial charge >= 0.3 is 0 Å². The van der Waals surface area contributed by atoms with Crippen molar-refractivity contribution in [3.63, 3.8) is 0 Å². The Balaban J connectivity index is 1.49. The van der Waals surface area contributed by atoms with Crippen LogP contribution in [0.25, 0.3) is 0 Å². The Hall–Kier alpha value is -2.51. The first kappa shape index (κ1) is 19.3. The summed E-state index contributed by atoms with van der Waals surface area (Å²) in [5, 5.41) is 2.63. The first-order valence-corrected chi connectivity index (χ1v) is 8.87. The number of carbonyl (C=O) groups is 1. The summed E-state index contributed by atoms with van der Waals surface area (Å²) in [7, 11) is 0. The number of morpholine rings is 1. The predicted octanol–water partition coefficient (Wildman–Crippen LogP) is 2.61. The molecule has 0 aromatic heterocycles. The Morgan fingerprint density at radius 1 is 1.15 bits per heavy atom. The minimum Gasteiger partial charge on any atom is -0.492 e. The van der Waals surface area contributed by atoms with Gasteiger partial charge in [0.05, 0.1) is 18.8 Å². The maximum Gasteiger partial charge on any atom is 0.254 e. The van der Waals surface area contributed by atoms with Crippen molar-refractivity contribution in [2.24, 2.45) is 0 Å². The van der Waals surface area contributed by atoms with Crippen LogP contribution in [0.2, 0.25) is 0 Å². The van der Waals surface area contributed by atoms with Gasteiger partial charge in [0.25, 0.3) is 5.91 Å². The van der Waals surface area contributed by atoms with E-state index in [0.717, 1.165) is 50.5 Å². The molecule has 1 heterocycles. The van der Waals surface area contributed by atoms with E-state index in [-0.39, 0.29) is 12.1 Å². The first-order chi connectivity index (χ1) is 13.1. The van der Waals surface area contributed by atoms with Crippen LogP contribution in [0.5, 0.6) is 5.75 Å². The third-order valence-electron chi connectivity index (χ3n) is 4.31. The van der Waals surface area contributed by atoms with E-state index in [0.29, 0.717) is 18.4 Å². The van der Waals surface area contributed by atoms with Crippen molar-refractivity contribution in [1.82, 2.24) is 10.2 Å². The first-order valence-electron chi connectivity index (χ1n) is 8.87. The Bertz CT molecular complexity index is 780. The molecule has 1 aliphatic heterocycles. The molecule has 0 saturated carbocycles. The molecule has 0 unspecified atom stereocenters. The van der Waals surface area contributed by atoms with Crippen LogP contribution < -0.4 is 10.1 Å². The summed E-state index contributed by atoms with van der Waals surface area (Å²) in [5.41, 5.74) is 0.643. The Morgan fingerprint density at radius 2 is 1.96 bits per heavy atom. The van der Waals surface area contributed by atoms with Crippen molar-refractivity contribution in [2.75, 3.05) is 39.5 Å². The number of nitrogens with one attached hydrogen (secondary N) is 1. The summed E-state index contributed by atoms with van der Waals surface area (Å²) in [6.07, 6.45) is 0. The monoisotopic (exact) mass is 376 g/mol. The average Bonchev–Trinajstić information content (AvgIpc) is 2.67. The smallest absolute Gasteiger partial charge is 0.254 e. The fourth-order valence-electron chi connectivity index (χ4n) is 2.81. The Labute approximate surface area is 156 Å². The van der Waals surface area contributed by atoms with Crippen LogP contribution >= 0.6 is 0 Å². The lowest BCUT2D eigenvalue weighted by atomic mass is 10.1. The molecule has 1 amide bonds.